The summed E-state index contributed by atoms with van der Waals surface area (Å²) in [4.78, 5) is 10.1. The molecule has 0 bridgehead atoms. The number of nitro benzene ring substituents is 1. The van der Waals surface area contributed by atoms with Crippen molar-refractivity contribution < 1.29 is 13.3 Å². The number of nitrogens with two attached hydrogens (primary N) is 1. The number of non-ortho nitro benzene ring substituents is 1. The summed E-state index contributed by atoms with van der Waals surface area (Å²) in [5.74, 6) is 0. The maximum absolute atomic E-state index is 11.5. The van der Waals surface area contributed by atoms with Crippen LogP contribution in [-0.2, 0) is 10.0 Å². The fraction of sp³-hybridized carbons (Fsp3) is 0. The number of nitro groups is 1. The Morgan fingerprint density at radius 1 is 1.22 bits per heavy atom. The van der Waals surface area contributed by atoms with Crippen LogP contribution in [0.25, 0.3) is 10.8 Å². The van der Waals surface area contributed by atoms with Gasteiger partial charge in [0.05, 0.1) is 15.2 Å². The summed E-state index contributed by atoms with van der Waals surface area (Å²) >= 11 is 3.22. The number of fused-ring (bicyclic) bond motifs is 1. The molecular formula is C10H7BrN2O4S. The van der Waals surface area contributed by atoms with Crippen LogP contribution in [0.15, 0.2) is 39.7 Å². The highest BCUT2D eigenvalue weighted by Gasteiger charge is 2.22. The fourth-order valence-electron chi connectivity index (χ4n) is 1.71. The molecule has 0 aliphatic heterocycles. The molecule has 0 radical (unpaired) electrons. The molecule has 0 spiro atoms. The van der Waals surface area contributed by atoms with Gasteiger partial charge >= 0.3 is 0 Å². The van der Waals surface area contributed by atoms with Gasteiger partial charge in [0.15, 0.2) is 0 Å². The topological polar surface area (TPSA) is 103 Å². The highest BCUT2D eigenvalue weighted by atomic mass is 79.9. The number of benzene rings is 2. The average Bonchev–Trinajstić information content (AvgIpc) is 2.27. The van der Waals surface area contributed by atoms with Crippen LogP contribution in [0.2, 0.25) is 0 Å². The number of sulfonamides is 1. The second-order valence-electron chi connectivity index (χ2n) is 3.55. The van der Waals surface area contributed by atoms with E-state index in [0.29, 0.717) is 9.86 Å². The molecule has 0 heterocycles. The standard InChI is InChI=1S/C10H7BrN2O4S/c11-7-4-5-9(18(12,16)17)10-6(7)2-1-3-8(10)13(14)15/h1-5H,(H2,12,16,17). The third-order valence-electron chi connectivity index (χ3n) is 2.43. The van der Waals surface area contributed by atoms with Crippen LogP contribution in [0.4, 0.5) is 5.69 Å². The Balaban J connectivity index is 3.07. The van der Waals surface area contributed by atoms with Gasteiger partial charge in [-0.2, -0.15) is 0 Å². The Hall–Kier alpha value is -1.51. The summed E-state index contributed by atoms with van der Waals surface area (Å²) in [6.07, 6.45) is 0. The van der Waals surface area contributed by atoms with Gasteiger partial charge in [-0.1, -0.05) is 28.1 Å². The minimum Gasteiger partial charge on any atom is -0.258 e. The summed E-state index contributed by atoms with van der Waals surface area (Å²) < 4.78 is 23.5. The zero-order valence-corrected chi connectivity index (χ0v) is 11.2. The van der Waals surface area contributed by atoms with E-state index in [0.717, 1.165) is 0 Å². The number of hydrogen-bond acceptors (Lipinski definition) is 4. The van der Waals surface area contributed by atoms with E-state index in [2.05, 4.69) is 15.9 Å². The molecule has 2 rings (SSSR count). The summed E-state index contributed by atoms with van der Waals surface area (Å²) in [6, 6.07) is 7.04. The van der Waals surface area contributed by atoms with E-state index < -0.39 is 14.9 Å². The maximum Gasteiger partial charge on any atom is 0.278 e. The van der Waals surface area contributed by atoms with Crippen molar-refractivity contribution in [1.82, 2.24) is 0 Å². The molecular weight excluding hydrogens is 324 g/mol. The third kappa shape index (κ3) is 2.09. The van der Waals surface area contributed by atoms with Gasteiger partial charge in [-0.15, -0.1) is 0 Å². The Kier molecular flexibility index (Phi) is 3.09. The predicted molar refractivity (Wildman–Crippen MR) is 69.7 cm³/mol. The quantitative estimate of drug-likeness (QED) is 0.672. The molecule has 0 unspecified atom stereocenters. The Labute approximate surface area is 111 Å². The van der Waals surface area contributed by atoms with Crippen LogP contribution >= 0.6 is 15.9 Å². The van der Waals surface area contributed by atoms with Gasteiger partial charge in [0.25, 0.3) is 5.69 Å². The SMILES string of the molecule is NS(=O)(=O)c1ccc(Br)c2cccc([N+](=O)[O-])c12. The summed E-state index contributed by atoms with van der Waals surface area (Å²) in [7, 11) is -4.03. The number of hydrogen-bond donors (Lipinski definition) is 1. The van der Waals surface area contributed by atoms with Crippen molar-refractivity contribution in [1.29, 1.82) is 0 Å². The largest absolute Gasteiger partial charge is 0.278 e. The van der Waals surface area contributed by atoms with Crippen LogP contribution in [-0.4, -0.2) is 13.3 Å². The molecule has 2 aromatic rings. The molecule has 0 atom stereocenters. The van der Waals surface area contributed by atoms with E-state index in [1.165, 1.54) is 24.3 Å². The van der Waals surface area contributed by atoms with Gasteiger partial charge in [-0.05, 0) is 12.1 Å². The molecule has 0 fully saturated rings. The second-order valence-corrected chi connectivity index (χ2v) is 5.93. The molecule has 6 nitrogen and oxygen atoms in total. The number of halogens is 1. The van der Waals surface area contributed by atoms with Crippen molar-refractivity contribution in [3.05, 3.63) is 44.9 Å². The molecule has 2 aromatic carbocycles. The first kappa shape index (κ1) is 12.9. The molecule has 8 heteroatoms. The third-order valence-corrected chi connectivity index (χ3v) is 4.08. The normalized spacial score (nSPS) is 11.7. The van der Waals surface area contributed by atoms with Crippen molar-refractivity contribution in [3.63, 3.8) is 0 Å². The zero-order valence-electron chi connectivity index (χ0n) is 8.83. The molecule has 0 saturated heterocycles. The van der Waals surface area contributed by atoms with Crippen LogP contribution in [0.3, 0.4) is 0 Å². The van der Waals surface area contributed by atoms with Crippen LogP contribution in [0.5, 0.6) is 0 Å². The van der Waals surface area contributed by atoms with Gasteiger partial charge in [0.1, 0.15) is 0 Å². The maximum atomic E-state index is 11.5. The molecule has 0 aliphatic rings. The lowest BCUT2D eigenvalue weighted by Gasteiger charge is -2.06. The molecule has 2 N–H and O–H groups in total. The van der Waals surface area contributed by atoms with Gasteiger partial charge in [0.2, 0.25) is 10.0 Å². The van der Waals surface area contributed by atoms with Crippen LogP contribution in [0.1, 0.15) is 0 Å². The van der Waals surface area contributed by atoms with Gasteiger partial charge < -0.3 is 0 Å². The lowest BCUT2D eigenvalue weighted by Crippen LogP contribution is -2.13. The molecule has 18 heavy (non-hydrogen) atoms. The van der Waals surface area contributed by atoms with Crippen LogP contribution < -0.4 is 5.14 Å². The highest BCUT2D eigenvalue weighted by molar-refractivity contribution is 9.10. The van der Waals surface area contributed by atoms with E-state index in [9.17, 15) is 18.5 Å². The van der Waals surface area contributed by atoms with E-state index in [1.807, 2.05) is 0 Å². The Bertz CT molecular complexity index is 758. The average molecular weight is 331 g/mol. The predicted octanol–water partition coefficient (Wildman–Crippen LogP) is 2.16. The number of rotatable bonds is 2. The Morgan fingerprint density at radius 2 is 1.89 bits per heavy atom. The number of nitrogens with zero attached hydrogens (tertiary/aromatic N) is 1. The van der Waals surface area contributed by atoms with Crippen molar-refractivity contribution in [2.24, 2.45) is 5.14 Å². The van der Waals surface area contributed by atoms with Crippen LogP contribution in [0, 0.1) is 10.1 Å². The molecule has 0 aliphatic carbocycles. The lowest BCUT2D eigenvalue weighted by atomic mass is 10.1. The summed E-state index contributed by atoms with van der Waals surface area (Å²) in [6.45, 7) is 0. The van der Waals surface area contributed by atoms with Gasteiger partial charge in [-0.3, -0.25) is 10.1 Å². The minimum atomic E-state index is -4.03. The van der Waals surface area contributed by atoms with Crippen molar-refractivity contribution >= 4 is 42.4 Å². The summed E-state index contributed by atoms with van der Waals surface area (Å²) in [5, 5.41) is 16.5. The Morgan fingerprint density at radius 3 is 2.44 bits per heavy atom. The van der Waals surface area contributed by atoms with Crippen molar-refractivity contribution in [2.75, 3.05) is 0 Å². The van der Waals surface area contributed by atoms with Gasteiger partial charge in [0, 0.05) is 15.9 Å². The fourth-order valence-corrected chi connectivity index (χ4v) is 2.93. The molecule has 0 amide bonds. The first-order valence-corrected chi connectivity index (χ1v) is 7.04. The first-order chi connectivity index (χ1) is 8.32. The van der Waals surface area contributed by atoms with E-state index in [4.69, 9.17) is 5.14 Å². The smallest absolute Gasteiger partial charge is 0.258 e. The number of primary sulfonamides is 1. The van der Waals surface area contributed by atoms with E-state index in [-0.39, 0.29) is 16.0 Å². The van der Waals surface area contributed by atoms with Gasteiger partial charge in [-0.25, -0.2) is 13.6 Å². The monoisotopic (exact) mass is 330 g/mol. The molecule has 0 aromatic heterocycles. The molecule has 94 valence electrons. The first-order valence-electron chi connectivity index (χ1n) is 4.71. The van der Waals surface area contributed by atoms with Crippen molar-refractivity contribution in [2.45, 2.75) is 4.90 Å². The van der Waals surface area contributed by atoms with Crippen molar-refractivity contribution in [3.8, 4) is 0 Å². The molecule has 0 saturated carbocycles. The minimum absolute atomic E-state index is 0.0133. The highest BCUT2D eigenvalue weighted by Crippen LogP contribution is 2.35. The second kappa shape index (κ2) is 4.30. The lowest BCUT2D eigenvalue weighted by molar-refractivity contribution is -0.383. The summed E-state index contributed by atoms with van der Waals surface area (Å²) in [5.41, 5.74) is -0.294. The van der Waals surface area contributed by atoms with E-state index in [1.54, 1.807) is 6.07 Å². The zero-order chi connectivity index (χ0) is 13.5. The van der Waals surface area contributed by atoms with E-state index >= 15 is 0 Å².